The first kappa shape index (κ1) is 24.5. The third-order valence-corrected chi connectivity index (χ3v) is 4.19. The lowest BCUT2D eigenvalue weighted by Crippen LogP contribution is -2.36. The van der Waals surface area contributed by atoms with Crippen LogP contribution in [0.25, 0.3) is 0 Å². The molecule has 0 aromatic carbocycles. The molecule has 0 saturated heterocycles. The molecule has 1 N–H and O–H groups in total. The first-order valence-corrected chi connectivity index (χ1v) is 9.81. The van der Waals surface area contributed by atoms with E-state index >= 15 is 0 Å². The van der Waals surface area contributed by atoms with Crippen molar-refractivity contribution in [2.75, 3.05) is 6.54 Å². The molecule has 0 spiro atoms. The fourth-order valence-electron chi connectivity index (χ4n) is 2.78. The van der Waals surface area contributed by atoms with Gasteiger partial charge in [0, 0.05) is 5.54 Å². The van der Waals surface area contributed by atoms with Gasteiger partial charge in [-0.3, -0.25) is 0 Å². The Morgan fingerprint density at radius 2 is 0.864 bits per heavy atom. The van der Waals surface area contributed by atoms with Gasteiger partial charge >= 0.3 is 0 Å². The zero-order valence-corrected chi connectivity index (χ0v) is 16.8. The number of hydrogen-bond acceptors (Lipinski definition) is 1. The minimum absolute atomic E-state index is 0. The summed E-state index contributed by atoms with van der Waals surface area (Å²) < 4.78 is 0. The molecule has 136 valence electrons. The maximum atomic E-state index is 3.57. The highest BCUT2D eigenvalue weighted by Crippen LogP contribution is 2.12. The molecule has 0 rings (SSSR count). The molecule has 1 nitrogen and oxygen atoms in total. The molecule has 0 aliphatic rings. The van der Waals surface area contributed by atoms with Crippen molar-refractivity contribution < 1.29 is 0 Å². The van der Waals surface area contributed by atoms with E-state index in [1.54, 1.807) is 0 Å². The predicted octanol–water partition coefficient (Wildman–Crippen LogP) is 7.28. The van der Waals surface area contributed by atoms with E-state index in [9.17, 15) is 0 Å². The van der Waals surface area contributed by atoms with Crippen LogP contribution < -0.4 is 5.32 Å². The van der Waals surface area contributed by atoms with Crippen molar-refractivity contribution >= 4 is 12.4 Å². The van der Waals surface area contributed by atoms with Crippen molar-refractivity contribution in [2.45, 2.75) is 123 Å². The maximum absolute atomic E-state index is 3.57. The molecule has 0 fully saturated rings. The minimum Gasteiger partial charge on any atom is -0.312 e. The van der Waals surface area contributed by atoms with Gasteiger partial charge in [-0.25, -0.2) is 0 Å². The van der Waals surface area contributed by atoms with Crippen LogP contribution in [0.1, 0.15) is 118 Å². The molecule has 0 heterocycles. The summed E-state index contributed by atoms with van der Waals surface area (Å²) in [5.74, 6) is 0. The molecule has 0 amide bonds. The third-order valence-electron chi connectivity index (χ3n) is 4.19. The molecular weight excluding hydrogens is 290 g/mol. The van der Waals surface area contributed by atoms with E-state index in [1.165, 1.54) is 96.4 Å². The lowest BCUT2D eigenvalue weighted by molar-refractivity contribution is 0.415. The second kappa shape index (κ2) is 17.6. The molecule has 0 aliphatic heterocycles. The maximum Gasteiger partial charge on any atom is 0.00965 e. The van der Waals surface area contributed by atoms with Crippen LogP contribution in [0, 0.1) is 0 Å². The molecule has 0 unspecified atom stereocenters. The molecule has 0 saturated carbocycles. The predicted molar refractivity (Wildman–Crippen MR) is 105 cm³/mol. The third kappa shape index (κ3) is 22.5. The minimum atomic E-state index is 0. The summed E-state index contributed by atoms with van der Waals surface area (Å²) >= 11 is 0. The number of unbranched alkanes of at least 4 members (excludes halogenated alkanes) is 13. The number of nitrogens with one attached hydrogen (secondary N) is 1. The van der Waals surface area contributed by atoms with E-state index in [4.69, 9.17) is 0 Å². The molecular formula is C20H44ClN. The van der Waals surface area contributed by atoms with Gasteiger partial charge in [-0.1, -0.05) is 90.4 Å². The van der Waals surface area contributed by atoms with E-state index in [0.717, 1.165) is 0 Å². The summed E-state index contributed by atoms with van der Waals surface area (Å²) in [6.45, 7) is 10.2. The van der Waals surface area contributed by atoms with Crippen molar-refractivity contribution in [2.24, 2.45) is 0 Å². The van der Waals surface area contributed by atoms with Crippen LogP contribution in [0.3, 0.4) is 0 Å². The van der Waals surface area contributed by atoms with Crippen LogP contribution in [0.15, 0.2) is 0 Å². The Morgan fingerprint density at radius 3 is 1.18 bits per heavy atom. The molecule has 0 atom stereocenters. The van der Waals surface area contributed by atoms with Crippen LogP contribution in [0.5, 0.6) is 0 Å². The van der Waals surface area contributed by atoms with Gasteiger partial charge in [-0.05, 0) is 33.7 Å². The largest absolute Gasteiger partial charge is 0.312 e. The van der Waals surface area contributed by atoms with Crippen LogP contribution in [-0.4, -0.2) is 12.1 Å². The fraction of sp³-hybridized carbons (Fsp3) is 1.00. The summed E-state index contributed by atoms with van der Waals surface area (Å²) in [6, 6.07) is 0. The average molecular weight is 334 g/mol. The van der Waals surface area contributed by atoms with Gasteiger partial charge in [0.15, 0.2) is 0 Å². The highest BCUT2D eigenvalue weighted by atomic mass is 35.5. The van der Waals surface area contributed by atoms with Crippen molar-refractivity contribution in [3.8, 4) is 0 Å². The number of halogens is 1. The topological polar surface area (TPSA) is 12.0 Å². The summed E-state index contributed by atoms with van der Waals surface area (Å²) in [5, 5.41) is 3.57. The first-order chi connectivity index (χ1) is 10.1. The summed E-state index contributed by atoms with van der Waals surface area (Å²) in [7, 11) is 0. The van der Waals surface area contributed by atoms with Gasteiger partial charge < -0.3 is 5.32 Å². The fourth-order valence-corrected chi connectivity index (χ4v) is 2.78. The van der Waals surface area contributed by atoms with Gasteiger partial charge in [-0.15, -0.1) is 12.4 Å². The second-order valence-corrected chi connectivity index (χ2v) is 7.77. The molecule has 0 radical (unpaired) electrons. The first-order valence-electron chi connectivity index (χ1n) is 9.81. The van der Waals surface area contributed by atoms with Crippen molar-refractivity contribution in [1.82, 2.24) is 5.32 Å². The van der Waals surface area contributed by atoms with Crippen molar-refractivity contribution in [3.05, 3.63) is 0 Å². The monoisotopic (exact) mass is 333 g/mol. The highest BCUT2D eigenvalue weighted by Gasteiger charge is 2.06. The lowest BCUT2D eigenvalue weighted by atomic mass is 10.0. The Hall–Kier alpha value is 0.250. The quantitative estimate of drug-likeness (QED) is 0.310. The Kier molecular flexibility index (Phi) is 19.6. The molecule has 2 heteroatoms. The summed E-state index contributed by atoms with van der Waals surface area (Å²) in [5.41, 5.74) is 0.288. The lowest BCUT2D eigenvalue weighted by Gasteiger charge is -2.20. The van der Waals surface area contributed by atoms with Gasteiger partial charge in [0.25, 0.3) is 0 Å². The zero-order valence-electron chi connectivity index (χ0n) is 16.0. The zero-order chi connectivity index (χ0) is 15.8. The molecule has 22 heavy (non-hydrogen) atoms. The Balaban J connectivity index is 0. The number of hydrogen-bond donors (Lipinski definition) is 1. The van der Waals surface area contributed by atoms with Crippen molar-refractivity contribution in [1.29, 1.82) is 0 Å². The smallest absolute Gasteiger partial charge is 0.00965 e. The van der Waals surface area contributed by atoms with E-state index in [0.29, 0.717) is 0 Å². The Labute approximate surface area is 147 Å². The van der Waals surface area contributed by atoms with Crippen molar-refractivity contribution in [3.63, 3.8) is 0 Å². The Morgan fingerprint density at radius 1 is 0.545 bits per heavy atom. The average Bonchev–Trinajstić information content (AvgIpc) is 2.42. The van der Waals surface area contributed by atoms with Crippen LogP contribution in [0.4, 0.5) is 0 Å². The normalized spacial score (nSPS) is 11.5. The number of rotatable bonds is 15. The summed E-state index contributed by atoms with van der Waals surface area (Å²) in [4.78, 5) is 0. The Bertz CT molecular complexity index is 198. The standard InChI is InChI=1S/C20H43N.ClH/c1-5-6-7-8-9-10-11-12-13-14-15-16-17-18-19-21-20(2,3)4;/h21H,5-19H2,1-4H3;1H. The van der Waals surface area contributed by atoms with Crippen LogP contribution in [0.2, 0.25) is 0 Å². The van der Waals surface area contributed by atoms with E-state index < -0.39 is 0 Å². The second-order valence-electron chi connectivity index (χ2n) is 7.77. The van der Waals surface area contributed by atoms with E-state index in [1.807, 2.05) is 0 Å². The molecule has 0 aromatic heterocycles. The highest BCUT2D eigenvalue weighted by molar-refractivity contribution is 5.85. The van der Waals surface area contributed by atoms with E-state index in [2.05, 4.69) is 33.0 Å². The van der Waals surface area contributed by atoms with E-state index in [-0.39, 0.29) is 17.9 Å². The SMILES string of the molecule is CCCCCCCCCCCCCCCCNC(C)(C)C.Cl. The van der Waals surface area contributed by atoms with Gasteiger partial charge in [-0.2, -0.15) is 0 Å². The van der Waals surface area contributed by atoms with Crippen LogP contribution >= 0.6 is 12.4 Å². The van der Waals surface area contributed by atoms with Gasteiger partial charge in [0.1, 0.15) is 0 Å². The molecule has 0 aliphatic carbocycles. The van der Waals surface area contributed by atoms with Crippen LogP contribution in [-0.2, 0) is 0 Å². The summed E-state index contributed by atoms with van der Waals surface area (Å²) in [6.07, 6.45) is 20.2. The van der Waals surface area contributed by atoms with Gasteiger partial charge in [0.05, 0.1) is 0 Å². The molecule has 0 aromatic rings. The van der Waals surface area contributed by atoms with Gasteiger partial charge in [0.2, 0.25) is 0 Å². The molecule has 0 bridgehead atoms.